The van der Waals surface area contributed by atoms with Crippen LogP contribution in [0.3, 0.4) is 0 Å². The van der Waals surface area contributed by atoms with Gasteiger partial charge in [-0.1, -0.05) is 45.5 Å². The van der Waals surface area contributed by atoms with Crippen LogP contribution >= 0.6 is 0 Å². The monoisotopic (exact) mass is 233 g/mol. The first-order chi connectivity index (χ1) is 8.10. The lowest BCUT2D eigenvalue weighted by Gasteiger charge is -2.25. The van der Waals surface area contributed by atoms with Gasteiger partial charge >= 0.3 is 0 Å². The van der Waals surface area contributed by atoms with Gasteiger partial charge in [0.05, 0.1) is 7.85 Å². The van der Waals surface area contributed by atoms with E-state index in [1.54, 1.807) is 0 Å². The zero-order valence-electron chi connectivity index (χ0n) is 11.8. The van der Waals surface area contributed by atoms with E-state index < -0.39 is 0 Å². The summed E-state index contributed by atoms with van der Waals surface area (Å²) >= 11 is 0. The van der Waals surface area contributed by atoms with E-state index in [-0.39, 0.29) is 0 Å². The van der Waals surface area contributed by atoms with E-state index in [2.05, 4.69) is 25.7 Å². The maximum absolute atomic E-state index is 6.31. The van der Waals surface area contributed by atoms with Crippen LogP contribution in [0.1, 0.15) is 52.9 Å². The summed E-state index contributed by atoms with van der Waals surface area (Å²) in [4.78, 5) is 0. The summed E-state index contributed by atoms with van der Waals surface area (Å²) < 4.78 is 0. The maximum atomic E-state index is 6.31. The van der Waals surface area contributed by atoms with Gasteiger partial charge in [0, 0.05) is 12.2 Å². The zero-order chi connectivity index (χ0) is 12.8. The highest BCUT2D eigenvalue weighted by Crippen LogP contribution is 2.48. The number of allylic oxidation sites excluding steroid dienone is 1. The van der Waals surface area contributed by atoms with Gasteiger partial charge < -0.3 is 5.32 Å². The van der Waals surface area contributed by atoms with Crippen LogP contribution in [-0.2, 0) is 0 Å². The average molecular weight is 233 g/mol. The minimum absolute atomic E-state index is 0.440. The van der Waals surface area contributed by atoms with Crippen LogP contribution < -0.4 is 5.32 Å². The molecule has 0 aromatic heterocycles. The van der Waals surface area contributed by atoms with Crippen LogP contribution in [0.15, 0.2) is 12.3 Å². The molecular weight excluding hydrogens is 205 g/mol. The van der Waals surface area contributed by atoms with Crippen LogP contribution in [0.5, 0.6) is 0 Å². The lowest BCUT2D eigenvalue weighted by Crippen LogP contribution is -2.18. The van der Waals surface area contributed by atoms with Gasteiger partial charge in [0.25, 0.3) is 0 Å². The summed E-state index contributed by atoms with van der Waals surface area (Å²) in [5, 5.41) is 3.31. The van der Waals surface area contributed by atoms with Crippen molar-refractivity contribution in [3.63, 3.8) is 0 Å². The summed E-state index contributed by atoms with van der Waals surface area (Å²) in [6.07, 6.45) is 6.33. The van der Waals surface area contributed by atoms with Crippen LogP contribution in [0.25, 0.3) is 0 Å². The van der Waals surface area contributed by atoms with Crippen LogP contribution in [0.4, 0.5) is 0 Å². The van der Waals surface area contributed by atoms with Gasteiger partial charge in [0.1, 0.15) is 0 Å². The lowest BCUT2D eigenvalue weighted by atomic mass is 9.74. The van der Waals surface area contributed by atoms with Crippen molar-refractivity contribution in [1.82, 2.24) is 5.32 Å². The molecule has 0 aromatic carbocycles. The largest absolute Gasteiger partial charge is 0.389 e. The van der Waals surface area contributed by atoms with E-state index in [0.717, 1.165) is 30.0 Å². The fourth-order valence-corrected chi connectivity index (χ4v) is 3.54. The molecule has 1 saturated carbocycles. The minimum atomic E-state index is 0.440. The summed E-state index contributed by atoms with van der Waals surface area (Å²) in [7, 11) is 6.31. The Morgan fingerprint density at radius 2 is 2.00 bits per heavy atom. The summed E-state index contributed by atoms with van der Waals surface area (Å²) in [5.74, 6) is 2.92. The first-order valence-electron chi connectivity index (χ1n) is 7.25. The summed E-state index contributed by atoms with van der Waals surface area (Å²) in [6.45, 7) is 11.6. The molecule has 2 radical (unpaired) electrons. The molecule has 1 nitrogen and oxygen atoms in total. The number of hydrogen-bond donors (Lipinski definition) is 1. The van der Waals surface area contributed by atoms with Crippen molar-refractivity contribution in [3.8, 4) is 0 Å². The van der Waals surface area contributed by atoms with E-state index in [0.29, 0.717) is 5.82 Å². The van der Waals surface area contributed by atoms with Crippen molar-refractivity contribution in [2.45, 2.75) is 58.7 Å². The molecule has 1 aliphatic carbocycles. The quantitative estimate of drug-likeness (QED) is 0.519. The molecule has 0 spiro atoms. The third-order valence-corrected chi connectivity index (χ3v) is 4.42. The minimum Gasteiger partial charge on any atom is -0.389 e. The molecular formula is C15H28BN. The standard InChI is InChI=1S/C15H28BN/c1-5-12-10-15(16)14(13(12)6-2)8-7-9-17-11(3)4/h12-15,17H,3,5-10H2,1-2,4H3. The van der Waals surface area contributed by atoms with E-state index in [1.165, 1.54) is 32.1 Å². The van der Waals surface area contributed by atoms with Crippen molar-refractivity contribution in [3.05, 3.63) is 12.3 Å². The van der Waals surface area contributed by atoms with Gasteiger partial charge in [0.15, 0.2) is 0 Å². The number of hydrogen-bond acceptors (Lipinski definition) is 1. The molecule has 0 aliphatic heterocycles. The summed E-state index contributed by atoms with van der Waals surface area (Å²) in [6, 6.07) is 0. The Morgan fingerprint density at radius 3 is 2.53 bits per heavy atom. The Bertz CT molecular complexity index is 239. The molecule has 4 unspecified atom stereocenters. The molecule has 1 fully saturated rings. The van der Waals surface area contributed by atoms with Crippen molar-refractivity contribution in [1.29, 1.82) is 0 Å². The van der Waals surface area contributed by atoms with Crippen molar-refractivity contribution >= 4 is 7.85 Å². The van der Waals surface area contributed by atoms with Crippen LogP contribution in [0.2, 0.25) is 5.82 Å². The van der Waals surface area contributed by atoms with Gasteiger partial charge in [0.2, 0.25) is 0 Å². The molecule has 96 valence electrons. The van der Waals surface area contributed by atoms with Crippen molar-refractivity contribution < 1.29 is 0 Å². The Morgan fingerprint density at radius 1 is 1.29 bits per heavy atom. The van der Waals surface area contributed by atoms with Crippen LogP contribution in [-0.4, -0.2) is 14.4 Å². The Kier molecular flexibility index (Phi) is 6.15. The van der Waals surface area contributed by atoms with Gasteiger partial charge in [-0.25, -0.2) is 0 Å². The van der Waals surface area contributed by atoms with E-state index in [1.807, 2.05) is 6.92 Å². The SMILES string of the molecule is [B]C1CC(CC)C(CC)C1CCCNC(=C)C. The molecule has 2 heteroatoms. The normalized spacial score (nSPS) is 32.6. The molecule has 1 N–H and O–H groups in total. The molecule has 1 aliphatic rings. The summed E-state index contributed by atoms with van der Waals surface area (Å²) in [5.41, 5.74) is 1.07. The Balaban J connectivity index is 2.37. The van der Waals surface area contributed by atoms with Crippen molar-refractivity contribution in [2.75, 3.05) is 6.54 Å². The van der Waals surface area contributed by atoms with Gasteiger partial charge in [-0.2, -0.15) is 0 Å². The predicted octanol–water partition coefficient (Wildman–Crippen LogP) is 3.92. The first kappa shape index (κ1) is 14.7. The highest BCUT2D eigenvalue weighted by atomic mass is 14.9. The second-order valence-electron chi connectivity index (χ2n) is 5.65. The molecule has 0 saturated heterocycles. The first-order valence-corrected chi connectivity index (χ1v) is 7.25. The van der Waals surface area contributed by atoms with E-state index in [9.17, 15) is 0 Å². The van der Waals surface area contributed by atoms with Crippen LogP contribution in [0, 0.1) is 17.8 Å². The molecule has 0 aromatic rings. The molecule has 0 amide bonds. The van der Waals surface area contributed by atoms with Gasteiger partial charge in [-0.15, -0.1) is 0 Å². The topological polar surface area (TPSA) is 12.0 Å². The third kappa shape index (κ3) is 4.08. The molecule has 1 rings (SSSR count). The zero-order valence-corrected chi connectivity index (χ0v) is 11.8. The average Bonchev–Trinajstić information content (AvgIpc) is 2.60. The Labute approximate surface area is 109 Å². The van der Waals surface area contributed by atoms with Gasteiger partial charge in [-0.05, 0) is 37.5 Å². The highest BCUT2D eigenvalue weighted by Gasteiger charge is 2.37. The fourth-order valence-electron chi connectivity index (χ4n) is 3.54. The molecule has 0 heterocycles. The molecule has 17 heavy (non-hydrogen) atoms. The smallest absolute Gasteiger partial charge is 0.0703 e. The van der Waals surface area contributed by atoms with Crippen molar-refractivity contribution in [2.24, 2.45) is 17.8 Å². The third-order valence-electron chi connectivity index (χ3n) is 4.42. The van der Waals surface area contributed by atoms with E-state index in [4.69, 9.17) is 7.85 Å². The maximum Gasteiger partial charge on any atom is 0.0703 e. The second kappa shape index (κ2) is 7.13. The molecule has 0 bridgehead atoms. The Hall–Kier alpha value is -0.395. The van der Waals surface area contributed by atoms with E-state index >= 15 is 0 Å². The molecule has 4 atom stereocenters. The predicted molar refractivity (Wildman–Crippen MR) is 77.2 cm³/mol. The second-order valence-corrected chi connectivity index (χ2v) is 5.65. The number of nitrogens with one attached hydrogen (secondary N) is 1. The fraction of sp³-hybridized carbons (Fsp3) is 0.867. The number of rotatable bonds is 7. The highest BCUT2D eigenvalue weighted by molar-refractivity contribution is 6.12. The van der Waals surface area contributed by atoms with Gasteiger partial charge in [-0.3, -0.25) is 0 Å². The lowest BCUT2D eigenvalue weighted by molar-refractivity contribution is 0.279.